The number of aryl methyl sites for hydroxylation is 2. The Labute approximate surface area is 169 Å². The van der Waals surface area contributed by atoms with Crippen LogP contribution in [0.25, 0.3) is 10.9 Å². The van der Waals surface area contributed by atoms with Crippen molar-refractivity contribution >= 4 is 10.9 Å². The van der Waals surface area contributed by atoms with E-state index in [0.717, 1.165) is 5.52 Å². The molecule has 0 saturated carbocycles. The van der Waals surface area contributed by atoms with Crippen LogP contribution in [0.1, 0.15) is 73.9 Å². The number of hydrogen-bond donors (Lipinski definition) is 0. The number of benzene rings is 2. The van der Waals surface area contributed by atoms with Crippen molar-refractivity contribution in [1.82, 2.24) is 4.98 Å². The molecule has 1 heteroatoms. The van der Waals surface area contributed by atoms with Gasteiger partial charge in [-0.2, -0.15) is 0 Å². The zero-order valence-electron chi connectivity index (χ0n) is 15.6. The molecule has 0 aliphatic heterocycles. The van der Waals surface area contributed by atoms with Crippen LogP contribution in [0.15, 0.2) is 66.9 Å². The molecule has 1 aromatic heterocycles. The molecule has 152 valence electrons. The topological polar surface area (TPSA) is 12.9 Å². The van der Waals surface area contributed by atoms with E-state index in [-0.39, 0.29) is 22.3 Å². The van der Waals surface area contributed by atoms with Gasteiger partial charge in [0.15, 0.2) is 0 Å². The first-order valence-electron chi connectivity index (χ1n) is 9.30. The molecule has 0 radical (unpaired) electrons. The van der Waals surface area contributed by atoms with E-state index in [1.165, 1.54) is 31.1 Å². The average molecular weight is 370 g/mol. The standard InChI is InChI=1S/C10H12.C9H7N.2C2H6.3CH4/c1-2-6-10-8-4-3-7-9(10)5-1;1-2-6-9-8(4-1)5-3-7-10-9;2*1-2;;;/h1-2,5-6H,3-4,7-8H2;1-7H;2*1-2H3;3*1H4. The highest BCUT2D eigenvalue weighted by Crippen LogP contribution is 2.19. The molecular weight excluding hydrogens is 326 g/mol. The van der Waals surface area contributed by atoms with E-state index in [4.69, 9.17) is 0 Å². The van der Waals surface area contributed by atoms with Gasteiger partial charge in [-0.1, -0.05) is 98.5 Å². The molecule has 1 heterocycles. The van der Waals surface area contributed by atoms with Gasteiger partial charge < -0.3 is 0 Å². The molecule has 4 rings (SSSR count). The molecule has 0 N–H and O–H groups in total. The first-order chi connectivity index (χ1) is 11.9. The third-order valence-electron chi connectivity index (χ3n) is 3.77. The zero-order valence-corrected chi connectivity index (χ0v) is 15.6. The van der Waals surface area contributed by atoms with Crippen molar-refractivity contribution < 1.29 is 0 Å². The van der Waals surface area contributed by atoms with Gasteiger partial charge in [-0.05, 0) is 48.9 Å². The molecule has 1 aliphatic carbocycles. The van der Waals surface area contributed by atoms with Gasteiger partial charge in [0.25, 0.3) is 0 Å². The van der Waals surface area contributed by atoms with E-state index in [1.54, 1.807) is 11.1 Å². The summed E-state index contributed by atoms with van der Waals surface area (Å²) in [5.74, 6) is 0. The molecule has 0 atom stereocenters. The first-order valence-corrected chi connectivity index (χ1v) is 9.30. The maximum absolute atomic E-state index is 4.18. The predicted molar refractivity (Wildman–Crippen MR) is 128 cm³/mol. The van der Waals surface area contributed by atoms with E-state index < -0.39 is 0 Å². The summed E-state index contributed by atoms with van der Waals surface area (Å²) in [5.41, 5.74) is 4.22. The minimum Gasteiger partial charge on any atom is -0.256 e. The smallest absolute Gasteiger partial charge is 0.0701 e. The number of pyridine rings is 1. The molecular formula is C26H43N. The summed E-state index contributed by atoms with van der Waals surface area (Å²) in [7, 11) is 0. The minimum atomic E-state index is 0. The van der Waals surface area contributed by atoms with Crippen LogP contribution in [0.5, 0.6) is 0 Å². The van der Waals surface area contributed by atoms with E-state index in [1.807, 2.05) is 58.2 Å². The molecule has 2 aromatic carbocycles. The van der Waals surface area contributed by atoms with E-state index in [2.05, 4.69) is 41.4 Å². The summed E-state index contributed by atoms with van der Waals surface area (Å²) in [5, 5.41) is 1.20. The Kier molecular flexibility index (Phi) is 20.4. The zero-order chi connectivity index (χ0) is 17.6. The fourth-order valence-corrected chi connectivity index (χ4v) is 2.69. The summed E-state index contributed by atoms with van der Waals surface area (Å²) < 4.78 is 0. The third kappa shape index (κ3) is 9.94. The number of rotatable bonds is 0. The van der Waals surface area contributed by atoms with Crippen molar-refractivity contribution in [2.24, 2.45) is 0 Å². The van der Waals surface area contributed by atoms with Crippen LogP contribution in [0.4, 0.5) is 0 Å². The molecule has 0 spiro atoms. The van der Waals surface area contributed by atoms with Crippen LogP contribution in [0, 0.1) is 0 Å². The molecule has 1 nitrogen and oxygen atoms in total. The van der Waals surface area contributed by atoms with Gasteiger partial charge in [-0.3, -0.25) is 4.98 Å². The predicted octanol–water partition coefficient (Wildman–Crippen LogP) is 8.76. The van der Waals surface area contributed by atoms with Gasteiger partial charge in [0, 0.05) is 11.6 Å². The van der Waals surface area contributed by atoms with Crippen LogP contribution in [-0.2, 0) is 12.8 Å². The Balaban J connectivity index is -0.000000330. The Hall–Kier alpha value is -2.15. The number of aromatic nitrogens is 1. The Morgan fingerprint density at radius 2 is 1.04 bits per heavy atom. The Morgan fingerprint density at radius 3 is 1.56 bits per heavy atom. The van der Waals surface area contributed by atoms with Crippen molar-refractivity contribution in [3.05, 3.63) is 78.0 Å². The highest BCUT2D eigenvalue weighted by atomic mass is 14.6. The fraction of sp³-hybridized carbons (Fsp3) is 0.423. The van der Waals surface area contributed by atoms with Crippen LogP contribution in [-0.4, -0.2) is 4.98 Å². The highest BCUT2D eigenvalue weighted by Gasteiger charge is 2.05. The van der Waals surface area contributed by atoms with Gasteiger partial charge in [0.1, 0.15) is 0 Å². The molecule has 0 saturated heterocycles. The second-order valence-electron chi connectivity index (χ2n) is 5.17. The van der Waals surface area contributed by atoms with Crippen LogP contribution < -0.4 is 0 Å². The minimum absolute atomic E-state index is 0. The number of para-hydroxylation sites is 1. The fourth-order valence-electron chi connectivity index (χ4n) is 2.69. The second kappa shape index (κ2) is 18.6. The average Bonchev–Trinajstić information content (AvgIpc) is 2.72. The summed E-state index contributed by atoms with van der Waals surface area (Å²) in [6, 6.07) is 20.9. The van der Waals surface area contributed by atoms with Gasteiger partial charge in [0.2, 0.25) is 0 Å². The lowest BCUT2D eigenvalue weighted by Gasteiger charge is -2.13. The maximum atomic E-state index is 4.18. The molecule has 0 fully saturated rings. The van der Waals surface area contributed by atoms with Gasteiger partial charge >= 0.3 is 0 Å². The lowest BCUT2D eigenvalue weighted by atomic mass is 9.92. The molecule has 27 heavy (non-hydrogen) atoms. The lowest BCUT2D eigenvalue weighted by Crippen LogP contribution is -2.00. The molecule has 0 amide bonds. The SMILES string of the molecule is C.C.C.CC.CC.c1ccc2c(c1)CCCC2.c1ccc2ncccc2c1. The van der Waals surface area contributed by atoms with Crippen molar-refractivity contribution in [3.8, 4) is 0 Å². The molecule has 0 unspecified atom stereocenters. The summed E-state index contributed by atoms with van der Waals surface area (Å²) >= 11 is 0. The number of fused-ring (bicyclic) bond motifs is 2. The monoisotopic (exact) mass is 369 g/mol. The first kappa shape index (κ1) is 29.6. The summed E-state index contributed by atoms with van der Waals surface area (Å²) in [4.78, 5) is 4.18. The van der Waals surface area contributed by atoms with Crippen LogP contribution in [0.3, 0.4) is 0 Å². The number of hydrogen-bond acceptors (Lipinski definition) is 1. The Morgan fingerprint density at radius 1 is 0.593 bits per heavy atom. The molecule has 3 aromatic rings. The van der Waals surface area contributed by atoms with Crippen molar-refractivity contribution in [1.29, 1.82) is 0 Å². The van der Waals surface area contributed by atoms with Crippen molar-refractivity contribution in [2.45, 2.75) is 75.7 Å². The largest absolute Gasteiger partial charge is 0.256 e. The normalized spacial score (nSPS) is 10.2. The van der Waals surface area contributed by atoms with Crippen LogP contribution in [0.2, 0.25) is 0 Å². The Bertz CT molecular complexity index is 598. The van der Waals surface area contributed by atoms with E-state index in [0.29, 0.717) is 0 Å². The summed E-state index contributed by atoms with van der Waals surface area (Å²) in [6.07, 6.45) is 7.18. The van der Waals surface area contributed by atoms with E-state index >= 15 is 0 Å². The lowest BCUT2D eigenvalue weighted by molar-refractivity contribution is 0.685. The van der Waals surface area contributed by atoms with Gasteiger partial charge in [-0.25, -0.2) is 0 Å². The van der Waals surface area contributed by atoms with Crippen molar-refractivity contribution in [2.75, 3.05) is 0 Å². The van der Waals surface area contributed by atoms with E-state index in [9.17, 15) is 0 Å². The van der Waals surface area contributed by atoms with Crippen LogP contribution >= 0.6 is 0 Å². The second-order valence-corrected chi connectivity index (χ2v) is 5.17. The van der Waals surface area contributed by atoms with Gasteiger partial charge in [-0.15, -0.1) is 0 Å². The summed E-state index contributed by atoms with van der Waals surface area (Å²) in [6.45, 7) is 8.00. The molecule has 1 aliphatic rings. The maximum Gasteiger partial charge on any atom is 0.0701 e. The molecule has 0 bridgehead atoms. The van der Waals surface area contributed by atoms with Crippen molar-refractivity contribution in [3.63, 3.8) is 0 Å². The highest BCUT2D eigenvalue weighted by molar-refractivity contribution is 5.77. The third-order valence-corrected chi connectivity index (χ3v) is 3.77. The van der Waals surface area contributed by atoms with Gasteiger partial charge in [0.05, 0.1) is 5.52 Å². The quantitative estimate of drug-likeness (QED) is 0.386. The number of nitrogens with zero attached hydrogens (tertiary/aromatic N) is 1.